The minimum absolute atomic E-state index is 0.0391. The number of carbonyl (C=O) groups excluding carboxylic acids is 2. The second-order valence-electron chi connectivity index (χ2n) is 8.97. The Kier molecular flexibility index (Phi) is 7.03. The summed E-state index contributed by atoms with van der Waals surface area (Å²) in [5.41, 5.74) is 1.26. The Labute approximate surface area is 218 Å². The Morgan fingerprint density at radius 3 is 2.31 bits per heavy atom. The molecule has 0 spiro atoms. The molecule has 2 unspecified atom stereocenters. The summed E-state index contributed by atoms with van der Waals surface area (Å²) < 4.78 is 6.11. The van der Waals surface area contributed by atoms with E-state index in [0.717, 1.165) is 11.1 Å². The molecule has 0 aromatic heterocycles. The lowest BCUT2D eigenvalue weighted by molar-refractivity contribution is -0.163. The van der Waals surface area contributed by atoms with Gasteiger partial charge in [0.25, 0.3) is 5.91 Å². The molecule has 36 heavy (non-hydrogen) atoms. The lowest BCUT2D eigenvalue weighted by Gasteiger charge is -2.52. The van der Waals surface area contributed by atoms with E-state index in [9.17, 15) is 14.7 Å². The molecule has 184 valence electrons. The number of rotatable bonds is 7. The fraction of sp³-hybridized carbons (Fsp3) is 0.250. The number of phenols is 1. The zero-order valence-electron chi connectivity index (χ0n) is 19.4. The van der Waals surface area contributed by atoms with Crippen LogP contribution in [-0.2, 0) is 14.3 Å². The van der Waals surface area contributed by atoms with Gasteiger partial charge in [-0.3, -0.25) is 14.6 Å². The van der Waals surface area contributed by atoms with E-state index in [0.29, 0.717) is 11.3 Å². The first kappa shape index (κ1) is 24.4. The number of hydrogen-bond acceptors (Lipinski definition) is 6. The number of amides is 1. The zero-order chi connectivity index (χ0) is 25.1. The van der Waals surface area contributed by atoms with Gasteiger partial charge in [0, 0.05) is 30.0 Å². The van der Waals surface area contributed by atoms with E-state index < -0.39 is 23.5 Å². The Bertz CT molecular complexity index is 1230. The van der Waals surface area contributed by atoms with Crippen molar-refractivity contribution in [1.29, 1.82) is 0 Å². The van der Waals surface area contributed by atoms with Crippen molar-refractivity contribution < 1.29 is 19.4 Å². The minimum Gasteiger partial charge on any atom is -0.507 e. The number of esters is 1. The van der Waals surface area contributed by atoms with Crippen LogP contribution in [-0.4, -0.2) is 57.7 Å². The van der Waals surface area contributed by atoms with Gasteiger partial charge in [-0.25, -0.2) is 0 Å². The summed E-state index contributed by atoms with van der Waals surface area (Å²) in [7, 11) is 0. The number of halogens is 1. The maximum atomic E-state index is 13.6. The molecule has 0 bridgehead atoms. The number of phenolic OH excluding ortho intramolecular Hbond substituents is 1. The van der Waals surface area contributed by atoms with Crippen LogP contribution in [0.5, 0.6) is 5.75 Å². The van der Waals surface area contributed by atoms with Crippen molar-refractivity contribution in [1.82, 2.24) is 4.90 Å². The van der Waals surface area contributed by atoms with Crippen LogP contribution in [0.4, 0.5) is 0 Å². The van der Waals surface area contributed by atoms with E-state index in [-0.39, 0.29) is 29.5 Å². The van der Waals surface area contributed by atoms with E-state index in [1.54, 1.807) is 29.2 Å². The molecule has 0 saturated carbocycles. The summed E-state index contributed by atoms with van der Waals surface area (Å²) >= 11 is 7.86. The quantitative estimate of drug-likeness (QED) is 0.212. The van der Waals surface area contributed by atoms with Gasteiger partial charge in [-0.05, 0) is 23.3 Å². The number of β-lactam (4-membered cyclic amide) rings is 1. The van der Waals surface area contributed by atoms with Gasteiger partial charge < -0.3 is 14.7 Å². The highest BCUT2D eigenvalue weighted by molar-refractivity contribution is 8.00. The molecule has 6 nitrogen and oxygen atoms in total. The lowest BCUT2D eigenvalue weighted by atomic mass is 9.89. The highest BCUT2D eigenvalue weighted by atomic mass is 35.5. The van der Waals surface area contributed by atoms with Crippen molar-refractivity contribution >= 4 is 41.5 Å². The van der Waals surface area contributed by atoms with Crippen LogP contribution in [0.15, 0.2) is 89.9 Å². The monoisotopic (exact) mass is 520 g/mol. The van der Waals surface area contributed by atoms with Crippen molar-refractivity contribution in [3.63, 3.8) is 0 Å². The van der Waals surface area contributed by atoms with Crippen LogP contribution >= 0.6 is 23.4 Å². The van der Waals surface area contributed by atoms with Crippen LogP contribution in [0.2, 0.25) is 0 Å². The number of aliphatic imine (C=N–C) groups is 1. The van der Waals surface area contributed by atoms with E-state index in [1.807, 2.05) is 60.7 Å². The average molecular weight is 521 g/mol. The largest absolute Gasteiger partial charge is 0.507 e. The first-order valence-corrected chi connectivity index (χ1v) is 13.2. The number of aromatic hydroxyl groups is 1. The van der Waals surface area contributed by atoms with Crippen molar-refractivity contribution in [2.45, 2.75) is 17.5 Å². The smallest absolute Gasteiger partial charge is 0.316 e. The third-order valence-corrected chi connectivity index (χ3v) is 8.63. The number of benzene rings is 3. The topological polar surface area (TPSA) is 79.2 Å². The maximum Gasteiger partial charge on any atom is 0.316 e. The number of thioether (sulfide) groups is 1. The van der Waals surface area contributed by atoms with Gasteiger partial charge in [-0.1, -0.05) is 72.8 Å². The SMILES string of the molecule is O=C1C(N=Cc2ccccc2O)[C@H]2SCC(CCl)(C(=O)OC(c3ccccc3)c3ccccc3)CN12. The Morgan fingerprint density at radius 1 is 1.08 bits per heavy atom. The average Bonchev–Trinajstić information content (AvgIpc) is 2.93. The Balaban J connectivity index is 1.32. The minimum atomic E-state index is -1.02. The number of para-hydroxylation sites is 1. The second-order valence-corrected chi connectivity index (χ2v) is 10.3. The molecule has 3 aromatic carbocycles. The summed E-state index contributed by atoms with van der Waals surface area (Å²) in [6.07, 6.45) is 0.948. The van der Waals surface area contributed by atoms with Crippen LogP contribution < -0.4 is 0 Å². The number of alkyl halides is 1. The number of carbonyl (C=O) groups is 2. The van der Waals surface area contributed by atoms with Gasteiger partial charge in [0.2, 0.25) is 0 Å². The molecule has 5 rings (SSSR count). The standard InChI is InChI=1S/C28H25ClN2O4S/c29-16-28(27(34)35-24(19-9-3-1-4-10-19)20-11-5-2-6-12-20)17-31-25(33)23(26(31)36-18-28)30-15-21-13-7-8-14-22(21)32/h1-15,23-24,26,32H,16-18H2/t23?,26-,28?/m1/s1. The third-order valence-electron chi connectivity index (χ3n) is 6.55. The summed E-state index contributed by atoms with van der Waals surface area (Å²) in [6, 6.07) is 25.4. The summed E-state index contributed by atoms with van der Waals surface area (Å²) in [5.74, 6) is -0.0180. The number of nitrogens with zero attached hydrogens (tertiary/aromatic N) is 2. The molecule has 1 N–H and O–H groups in total. The first-order chi connectivity index (χ1) is 17.5. The van der Waals surface area contributed by atoms with E-state index >= 15 is 0 Å². The van der Waals surface area contributed by atoms with Gasteiger partial charge >= 0.3 is 5.97 Å². The maximum absolute atomic E-state index is 13.6. The van der Waals surface area contributed by atoms with E-state index in [4.69, 9.17) is 16.3 Å². The van der Waals surface area contributed by atoms with Gasteiger partial charge in [-0.15, -0.1) is 23.4 Å². The van der Waals surface area contributed by atoms with Gasteiger partial charge in [0.15, 0.2) is 12.1 Å². The predicted octanol–water partition coefficient (Wildman–Crippen LogP) is 4.65. The molecule has 2 fully saturated rings. The van der Waals surface area contributed by atoms with Gasteiger partial charge in [0.1, 0.15) is 16.5 Å². The van der Waals surface area contributed by atoms with Crippen LogP contribution in [0.1, 0.15) is 22.8 Å². The van der Waals surface area contributed by atoms with E-state index in [1.165, 1.54) is 18.0 Å². The Hall–Kier alpha value is -3.29. The predicted molar refractivity (Wildman–Crippen MR) is 141 cm³/mol. The zero-order valence-corrected chi connectivity index (χ0v) is 20.9. The molecule has 1 amide bonds. The van der Waals surface area contributed by atoms with Crippen molar-refractivity contribution in [2.75, 3.05) is 18.2 Å². The molecule has 0 radical (unpaired) electrons. The normalized spacial score (nSPS) is 23.4. The molecule has 0 aliphatic carbocycles. The molecule has 3 atom stereocenters. The van der Waals surface area contributed by atoms with E-state index in [2.05, 4.69) is 4.99 Å². The van der Waals surface area contributed by atoms with Crippen molar-refractivity contribution in [3.8, 4) is 5.75 Å². The van der Waals surface area contributed by atoms with Crippen LogP contribution in [0.3, 0.4) is 0 Å². The molecule has 2 aliphatic heterocycles. The first-order valence-electron chi connectivity index (χ1n) is 11.6. The van der Waals surface area contributed by atoms with Gasteiger partial charge in [-0.2, -0.15) is 0 Å². The molecule has 2 saturated heterocycles. The van der Waals surface area contributed by atoms with Crippen LogP contribution in [0.25, 0.3) is 0 Å². The number of ether oxygens (including phenoxy) is 1. The molecule has 2 heterocycles. The van der Waals surface area contributed by atoms with Crippen molar-refractivity contribution in [3.05, 3.63) is 102 Å². The molecular formula is C28H25ClN2O4S. The molecular weight excluding hydrogens is 496 g/mol. The molecule has 3 aromatic rings. The number of hydrogen-bond donors (Lipinski definition) is 1. The highest BCUT2D eigenvalue weighted by Gasteiger charge is 2.57. The fourth-order valence-electron chi connectivity index (χ4n) is 4.44. The van der Waals surface area contributed by atoms with Crippen LogP contribution in [0, 0.1) is 5.41 Å². The summed E-state index contributed by atoms with van der Waals surface area (Å²) in [4.78, 5) is 32.6. The lowest BCUT2D eigenvalue weighted by Crippen LogP contribution is -2.69. The summed E-state index contributed by atoms with van der Waals surface area (Å²) in [5, 5.41) is 9.77. The van der Waals surface area contributed by atoms with Gasteiger partial charge in [0.05, 0.1) is 0 Å². The third kappa shape index (κ3) is 4.61. The summed E-state index contributed by atoms with van der Waals surface area (Å²) in [6.45, 7) is 0.185. The van der Waals surface area contributed by atoms with Crippen molar-refractivity contribution in [2.24, 2.45) is 10.4 Å². The number of fused-ring (bicyclic) bond motifs is 1. The fourth-order valence-corrected chi connectivity index (χ4v) is 6.37. The Morgan fingerprint density at radius 2 is 1.69 bits per heavy atom. The highest BCUT2D eigenvalue weighted by Crippen LogP contribution is 2.45. The molecule has 8 heteroatoms. The second kappa shape index (κ2) is 10.4. The molecule has 2 aliphatic rings.